The summed E-state index contributed by atoms with van der Waals surface area (Å²) >= 11 is 0. The molecule has 1 aliphatic rings. The van der Waals surface area contributed by atoms with Crippen LogP contribution in [0.1, 0.15) is 53.5 Å². The van der Waals surface area contributed by atoms with E-state index >= 15 is 0 Å². The molecule has 1 aliphatic carbocycles. The maximum Gasteiger partial charge on any atom is 0.00710 e. The average molecular weight is 294 g/mol. The zero-order chi connectivity index (χ0) is 16.8. The predicted molar refractivity (Wildman–Crippen MR) is 101 cm³/mol. The molecule has 0 nitrogen and oxygen atoms in total. The van der Waals surface area contributed by atoms with Crippen molar-refractivity contribution in [2.45, 2.75) is 48.0 Å². The molecule has 0 spiro atoms. The molecule has 0 saturated heterocycles. The van der Waals surface area contributed by atoms with Crippen LogP contribution in [0.5, 0.6) is 0 Å². The van der Waals surface area contributed by atoms with E-state index in [0.717, 1.165) is 0 Å². The van der Waals surface area contributed by atoms with Gasteiger partial charge in [-0.1, -0.05) is 100 Å². The first-order chi connectivity index (χ1) is 10.4. The van der Waals surface area contributed by atoms with Crippen molar-refractivity contribution in [2.75, 3.05) is 0 Å². The zero-order valence-corrected chi connectivity index (χ0v) is 15.0. The van der Waals surface area contributed by atoms with Gasteiger partial charge in [-0.25, -0.2) is 0 Å². The lowest BCUT2D eigenvalue weighted by molar-refractivity contribution is 0.549. The third kappa shape index (κ3) is 3.88. The Labute approximate surface area is 137 Å². The molecule has 0 saturated carbocycles. The van der Waals surface area contributed by atoms with Crippen molar-refractivity contribution in [3.63, 3.8) is 0 Å². The first kappa shape index (κ1) is 18.2. The van der Waals surface area contributed by atoms with Gasteiger partial charge in [-0.2, -0.15) is 0 Å². The maximum atomic E-state index is 3.86. The minimum atomic E-state index is 0.157. The Balaban J connectivity index is 0.000000745. The molecular formula is C22H30. The molecule has 0 atom stereocenters. The van der Waals surface area contributed by atoms with E-state index in [1.165, 1.54) is 34.3 Å². The molecule has 1 aromatic rings. The van der Waals surface area contributed by atoms with Crippen LogP contribution in [0.3, 0.4) is 0 Å². The third-order valence-electron chi connectivity index (χ3n) is 4.35. The van der Waals surface area contributed by atoms with Gasteiger partial charge in [0.2, 0.25) is 0 Å². The molecular weight excluding hydrogens is 264 g/mol. The van der Waals surface area contributed by atoms with Crippen LogP contribution in [-0.4, -0.2) is 0 Å². The van der Waals surface area contributed by atoms with Crippen LogP contribution in [-0.2, 0) is 0 Å². The second-order valence-electron chi connectivity index (χ2n) is 6.38. The molecule has 0 aliphatic heterocycles. The Morgan fingerprint density at radius 3 is 2.05 bits per heavy atom. The molecule has 0 bridgehead atoms. The largest absolute Gasteiger partial charge is 0.0990 e. The molecule has 0 heterocycles. The zero-order valence-electron chi connectivity index (χ0n) is 15.0. The highest BCUT2D eigenvalue weighted by molar-refractivity contribution is 5.85. The van der Waals surface area contributed by atoms with Gasteiger partial charge in [0.15, 0.2) is 0 Å². The van der Waals surface area contributed by atoms with Gasteiger partial charge in [0.25, 0.3) is 0 Å². The molecule has 0 amide bonds. The molecule has 0 heteroatoms. The summed E-state index contributed by atoms with van der Waals surface area (Å²) in [6.45, 7) is 17.1. The van der Waals surface area contributed by atoms with E-state index in [4.69, 9.17) is 0 Å². The van der Waals surface area contributed by atoms with Crippen molar-refractivity contribution in [3.8, 4) is 0 Å². The van der Waals surface area contributed by atoms with Gasteiger partial charge in [0.05, 0.1) is 0 Å². The van der Waals surface area contributed by atoms with Crippen LogP contribution in [0.15, 0.2) is 71.9 Å². The van der Waals surface area contributed by atoms with Crippen LogP contribution in [0.2, 0.25) is 0 Å². The summed E-state index contributed by atoms with van der Waals surface area (Å²) in [7, 11) is 0. The Hall–Kier alpha value is -1.82. The summed E-state index contributed by atoms with van der Waals surface area (Å²) in [5, 5.41) is 0. The van der Waals surface area contributed by atoms with Gasteiger partial charge in [0.1, 0.15) is 0 Å². The first-order valence-corrected chi connectivity index (χ1v) is 8.18. The molecule has 2 rings (SSSR count). The second-order valence-corrected chi connectivity index (χ2v) is 6.38. The van der Waals surface area contributed by atoms with Gasteiger partial charge in [-0.15, -0.1) is 0 Å². The Morgan fingerprint density at radius 1 is 1.09 bits per heavy atom. The summed E-state index contributed by atoms with van der Waals surface area (Å²) in [5.41, 5.74) is 6.86. The summed E-state index contributed by atoms with van der Waals surface area (Å²) < 4.78 is 0. The SMILES string of the molecule is C=C/C=C(\C1=C(C)C(C)(C)C(C)=C1)c1ccccc1.CCC. The van der Waals surface area contributed by atoms with Crippen LogP contribution >= 0.6 is 0 Å². The van der Waals surface area contributed by atoms with Crippen molar-refractivity contribution in [1.29, 1.82) is 0 Å². The Kier molecular flexibility index (Phi) is 6.61. The monoisotopic (exact) mass is 294 g/mol. The van der Waals surface area contributed by atoms with Crippen molar-refractivity contribution >= 4 is 5.57 Å². The van der Waals surface area contributed by atoms with E-state index < -0.39 is 0 Å². The van der Waals surface area contributed by atoms with Crippen molar-refractivity contribution in [3.05, 3.63) is 77.4 Å². The van der Waals surface area contributed by atoms with Gasteiger partial charge in [0, 0.05) is 5.41 Å². The lowest BCUT2D eigenvalue weighted by Crippen LogP contribution is -2.11. The van der Waals surface area contributed by atoms with E-state index in [9.17, 15) is 0 Å². The van der Waals surface area contributed by atoms with E-state index in [1.54, 1.807) is 0 Å². The van der Waals surface area contributed by atoms with Gasteiger partial charge in [-0.05, 0) is 30.6 Å². The minimum absolute atomic E-state index is 0.157. The lowest BCUT2D eigenvalue weighted by atomic mass is 9.81. The molecule has 0 aromatic heterocycles. The maximum absolute atomic E-state index is 3.86. The molecule has 22 heavy (non-hydrogen) atoms. The van der Waals surface area contributed by atoms with Gasteiger partial charge < -0.3 is 0 Å². The van der Waals surface area contributed by atoms with Crippen molar-refractivity contribution in [2.24, 2.45) is 5.41 Å². The van der Waals surface area contributed by atoms with Crippen LogP contribution in [0.25, 0.3) is 5.57 Å². The highest BCUT2D eigenvalue weighted by atomic mass is 14.3. The number of hydrogen-bond acceptors (Lipinski definition) is 0. The Morgan fingerprint density at radius 2 is 1.64 bits per heavy atom. The number of hydrogen-bond donors (Lipinski definition) is 0. The van der Waals surface area contributed by atoms with Gasteiger partial charge >= 0.3 is 0 Å². The summed E-state index contributed by atoms with van der Waals surface area (Å²) in [6, 6.07) is 10.5. The summed E-state index contributed by atoms with van der Waals surface area (Å²) in [6.07, 6.45) is 7.55. The van der Waals surface area contributed by atoms with Crippen LogP contribution in [0.4, 0.5) is 0 Å². The average Bonchev–Trinajstić information content (AvgIpc) is 2.70. The van der Waals surface area contributed by atoms with E-state index in [1.807, 2.05) is 6.08 Å². The summed E-state index contributed by atoms with van der Waals surface area (Å²) in [5.74, 6) is 0. The smallest absolute Gasteiger partial charge is 0.00710 e. The van der Waals surface area contributed by atoms with Crippen LogP contribution in [0, 0.1) is 5.41 Å². The molecule has 0 N–H and O–H groups in total. The number of benzene rings is 1. The standard InChI is InChI=1S/C19H22.C3H8/c1-6-10-17(16-11-8-7-9-12-16)18-13-14(2)19(4,5)15(18)3;1-3-2/h6-13H,1H2,2-5H3;3H2,1-2H3/b17-10-;. The fourth-order valence-electron chi connectivity index (χ4n) is 2.49. The number of rotatable bonds is 3. The summed E-state index contributed by atoms with van der Waals surface area (Å²) in [4.78, 5) is 0. The second kappa shape index (κ2) is 7.98. The van der Waals surface area contributed by atoms with E-state index in [2.05, 4.69) is 90.6 Å². The van der Waals surface area contributed by atoms with Gasteiger partial charge in [-0.3, -0.25) is 0 Å². The number of allylic oxidation sites excluding steroid dienone is 7. The molecule has 1 aromatic carbocycles. The fourth-order valence-corrected chi connectivity index (χ4v) is 2.49. The Bertz CT molecular complexity index is 592. The molecule has 0 fully saturated rings. The fraction of sp³-hybridized carbons (Fsp3) is 0.364. The van der Waals surface area contributed by atoms with Crippen molar-refractivity contribution < 1.29 is 0 Å². The first-order valence-electron chi connectivity index (χ1n) is 8.18. The highest BCUT2D eigenvalue weighted by Gasteiger charge is 2.30. The third-order valence-corrected chi connectivity index (χ3v) is 4.35. The predicted octanol–water partition coefficient (Wildman–Crippen LogP) is 6.97. The minimum Gasteiger partial charge on any atom is -0.0990 e. The topological polar surface area (TPSA) is 0 Å². The molecule has 0 unspecified atom stereocenters. The highest BCUT2D eigenvalue weighted by Crippen LogP contribution is 2.46. The van der Waals surface area contributed by atoms with E-state index in [-0.39, 0.29) is 5.41 Å². The lowest BCUT2D eigenvalue weighted by Gasteiger charge is -2.23. The van der Waals surface area contributed by atoms with E-state index in [0.29, 0.717) is 0 Å². The van der Waals surface area contributed by atoms with Crippen LogP contribution < -0.4 is 0 Å². The quantitative estimate of drug-likeness (QED) is 0.528. The molecule has 0 radical (unpaired) electrons. The molecule has 118 valence electrons. The normalized spacial score (nSPS) is 16.8. The van der Waals surface area contributed by atoms with Crippen molar-refractivity contribution in [1.82, 2.24) is 0 Å².